The van der Waals surface area contributed by atoms with E-state index in [0.29, 0.717) is 5.41 Å². The van der Waals surface area contributed by atoms with Crippen LogP contribution in [0.2, 0.25) is 0 Å². The quantitative estimate of drug-likeness (QED) is 0.539. The van der Waals surface area contributed by atoms with Crippen LogP contribution in [0.4, 0.5) is 0 Å². The van der Waals surface area contributed by atoms with Crippen molar-refractivity contribution in [3.8, 4) is 0 Å². The summed E-state index contributed by atoms with van der Waals surface area (Å²) in [4.78, 5) is 0. The van der Waals surface area contributed by atoms with Crippen molar-refractivity contribution < 1.29 is 0 Å². The predicted octanol–water partition coefficient (Wildman–Crippen LogP) is 3.83. The molecule has 0 N–H and O–H groups in total. The monoisotopic (exact) mass is 162 g/mol. The highest BCUT2D eigenvalue weighted by Crippen LogP contribution is 2.34. The van der Waals surface area contributed by atoms with E-state index in [4.69, 9.17) is 11.6 Å². The standard InChI is InChI=1S/C9H19Cl/c1-4-9(5-2,6-3)7-8-10/h4-8H2,1-3H3. The smallest absolute Gasteiger partial charge is 0.0228 e. The maximum atomic E-state index is 5.72. The van der Waals surface area contributed by atoms with Crippen LogP contribution in [0.3, 0.4) is 0 Å². The van der Waals surface area contributed by atoms with Crippen molar-refractivity contribution in [2.75, 3.05) is 5.88 Å². The highest BCUT2D eigenvalue weighted by atomic mass is 35.5. The Morgan fingerprint density at radius 2 is 1.40 bits per heavy atom. The summed E-state index contributed by atoms with van der Waals surface area (Å²) in [6.07, 6.45) is 4.99. The third-order valence-corrected chi connectivity index (χ3v) is 3.06. The highest BCUT2D eigenvalue weighted by molar-refractivity contribution is 6.17. The molecule has 0 aliphatic rings. The Balaban J connectivity index is 3.87. The Morgan fingerprint density at radius 3 is 1.50 bits per heavy atom. The third kappa shape index (κ3) is 2.49. The van der Waals surface area contributed by atoms with Crippen LogP contribution in [-0.2, 0) is 0 Å². The fraction of sp³-hybridized carbons (Fsp3) is 1.00. The summed E-state index contributed by atoms with van der Waals surface area (Å²) in [6, 6.07) is 0. The predicted molar refractivity (Wildman–Crippen MR) is 48.6 cm³/mol. The van der Waals surface area contributed by atoms with Crippen LogP contribution in [0.15, 0.2) is 0 Å². The summed E-state index contributed by atoms with van der Waals surface area (Å²) in [7, 11) is 0. The number of hydrogen-bond donors (Lipinski definition) is 0. The van der Waals surface area contributed by atoms with E-state index in [2.05, 4.69) is 20.8 Å². The fourth-order valence-corrected chi connectivity index (χ4v) is 1.88. The lowest BCUT2D eigenvalue weighted by Gasteiger charge is -2.29. The van der Waals surface area contributed by atoms with Crippen LogP contribution in [0, 0.1) is 5.41 Å². The van der Waals surface area contributed by atoms with Crippen LogP contribution in [0.5, 0.6) is 0 Å². The molecular weight excluding hydrogens is 144 g/mol. The van der Waals surface area contributed by atoms with Gasteiger partial charge >= 0.3 is 0 Å². The van der Waals surface area contributed by atoms with Gasteiger partial charge in [0.05, 0.1) is 0 Å². The Hall–Kier alpha value is 0.290. The van der Waals surface area contributed by atoms with Crippen molar-refractivity contribution in [3.63, 3.8) is 0 Å². The molecule has 0 atom stereocenters. The van der Waals surface area contributed by atoms with E-state index in [1.54, 1.807) is 0 Å². The Bertz CT molecular complexity index is 66.5. The van der Waals surface area contributed by atoms with Gasteiger partial charge in [-0.15, -0.1) is 11.6 Å². The van der Waals surface area contributed by atoms with Crippen molar-refractivity contribution in [2.45, 2.75) is 46.5 Å². The lowest BCUT2D eigenvalue weighted by Crippen LogP contribution is -2.17. The zero-order valence-corrected chi connectivity index (χ0v) is 8.17. The molecule has 0 fully saturated rings. The normalized spacial score (nSPS) is 12.0. The third-order valence-electron chi connectivity index (χ3n) is 2.87. The van der Waals surface area contributed by atoms with Crippen LogP contribution >= 0.6 is 11.6 Å². The molecule has 0 aliphatic heterocycles. The second kappa shape index (κ2) is 5.01. The second-order valence-corrected chi connectivity index (χ2v) is 3.38. The maximum absolute atomic E-state index is 5.72. The zero-order chi connectivity index (χ0) is 8.04. The fourth-order valence-electron chi connectivity index (χ4n) is 1.48. The zero-order valence-electron chi connectivity index (χ0n) is 7.41. The first-order valence-corrected chi connectivity index (χ1v) is 4.84. The van der Waals surface area contributed by atoms with E-state index in [1.807, 2.05) is 0 Å². The van der Waals surface area contributed by atoms with E-state index in [0.717, 1.165) is 5.88 Å². The Morgan fingerprint density at radius 1 is 1.00 bits per heavy atom. The second-order valence-electron chi connectivity index (χ2n) is 3.00. The Kier molecular flexibility index (Phi) is 5.15. The number of hydrogen-bond acceptors (Lipinski definition) is 0. The molecule has 0 heterocycles. The summed E-state index contributed by atoms with van der Waals surface area (Å²) in [5.74, 6) is 0.815. The van der Waals surface area contributed by atoms with Gasteiger partial charge in [-0.2, -0.15) is 0 Å². The van der Waals surface area contributed by atoms with E-state index >= 15 is 0 Å². The minimum Gasteiger partial charge on any atom is -0.127 e. The van der Waals surface area contributed by atoms with Crippen molar-refractivity contribution >= 4 is 11.6 Å². The number of halogens is 1. The molecule has 0 aromatic carbocycles. The molecule has 0 saturated heterocycles. The summed E-state index contributed by atoms with van der Waals surface area (Å²) < 4.78 is 0. The van der Waals surface area contributed by atoms with E-state index in [1.165, 1.54) is 25.7 Å². The van der Waals surface area contributed by atoms with Gasteiger partial charge in [-0.25, -0.2) is 0 Å². The molecular formula is C9H19Cl. The first-order chi connectivity index (χ1) is 4.74. The van der Waals surface area contributed by atoms with Crippen LogP contribution in [0.25, 0.3) is 0 Å². The number of rotatable bonds is 5. The molecule has 1 heteroatoms. The molecule has 0 aromatic rings. The van der Waals surface area contributed by atoms with E-state index in [9.17, 15) is 0 Å². The van der Waals surface area contributed by atoms with Gasteiger partial charge in [0.25, 0.3) is 0 Å². The molecule has 62 valence electrons. The molecule has 0 aliphatic carbocycles. The summed E-state index contributed by atoms with van der Waals surface area (Å²) >= 11 is 5.72. The largest absolute Gasteiger partial charge is 0.127 e. The van der Waals surface area contributed by atoms with Crippen molar-refractivity contribution in [1.82, 2.24) is 0 Å². The molecule has 0 radical (unpaired) electrons. The minimum atomic E-state index is 0.543. The van der Waals surface area contributed by atoms with Crippen LogP contribution in [-0.4, -0.2) is 5.88 Å². The SMILES string of the molecule is CCC(CC)(CC)CCCl. The first kappa shape index (κ1) is 10.3. The van der Waals surface area contributed by atoms with Gasteiger partial charge in [-0.05, 0) is 11.8 Å². The summed E-state index contributed by atoms with van der Waals surface area (Å²) in [5, 5.41) is 0. The average molecular weight is 163 g/mol. The minimum absolute atomic E-state index is 0.543. The van der Waals surface area contributed by atoms with Gasteiger partial charge in [0, 0.05) is 5.88 Å². The summed E-state index contributed by atoms with van der Waals surface area (Å²) in [5.41, 5.74) is 0.543. The van der Waals surface area contributed by atoms with Crippen molar-refractivity contribution in [3.05, 3.63) is 0 Å². The highest BCUT2D eigenvalue weighted by Gasteiger charge is 2.22. The van der Waals surface area contributed by atoms with Gasteiger partial charge in [0.1, 0.15) is 0 Å². The lowest BCUT2D eigenvalue weighted by molar-refractivity contribution is 0.242. The molecule has 10 heavy (non-hydrogen) atoms. The molecule has 0 rings (SSSR count). The molecule has 0 amide bonds. The van der Waals surface area contributed by atoms with Gasteiger partial charge in [0.2, 0.25) is 0 Å². The van der Waals surface area contributed by atoms with Crippen LogP contribution < -0.4 is 0 Å². The molecule has 0 aromatic heterocycles. The van der Waals surface area contributed by atoms with Crippen molar-refractivity contribution in [1.29, 1.82) is 0 Å². The number of alkyl halides is 1. The van der Waals surface area contributed by atoms with Crippen LogP contribution in [0.1, 0.15) is 46.5 Å². The van der Waals surface area contributed by atoms with E-state index < -0.39 is 0 Å². The molecule has 0 unspecified atom stereocenters. The first-order valence-electron chi connectivity index (χ1n) is 4.30. The van der Waals surface area contributed by atoms with Gasteiger partial charge in [-0.1, -0.05) is 40.0 Å². The van der Waals surface area contributed by atoms with Crippen molar-refractivity contribution in [2.24, 2.45) is 5.41 Å². The average Bonchev–Trinajstić information content (AvgIpc) is 2.01. The topological polar surface area (TPSA) is 0 Å². The van der Waals surface area contributed by atoms with E-state index in [-0.39, 0.29) is 0 Å². The molecule has 0 saturated carbocycles. The van der Waals surface area contributed by atoms with Gasteiger partial charge < -0.3 is 0 Å². The molecule has 0 bridgehead atoms. The molecule has 0 spiro atoms. The lowest BCUT2D eigenvalue weighted by atomic mass is 9.78. The van der Waals surface area contributed by atoms with Gasteiger partial charge in [-0.3, -0.25) is 0 Å². The maximum Gasteiger partial charge on any atom is 0.0228 e. The summed E-state index contributed by atoms with van der Waals surface area (Å²) in [6.45, 7) is 6.79. The molecule has 0 nitrogen and oxygen atoms in total. The van der Waals surface area contributed by atoms with Gasteiger partial charge in [0.15, 0.2) is 0 Å². The Labute approximate surface area is 70.0 Å².